The van der Waals surface area contributed by atoms with Crippen molar-refractivity contribution in [3.05, 3.63) is 70.1 Å². The first kappa shape index (κ1) is 16.4. The van der Waals surface area contributed by atoms with Gasteiger partial charge in [0, 0.05) is 11.1 Å². The summed E-state index contributed by atoms with van der Waals surface area (Å²) in [6.07, 6.45) is 0.126. The minimum Gasteiger partial charge on any atom is -0.323 e. The number of rotatable bonds is 3. The number of benzene rings is 2. The third kappa shape index (κ3) is 3.10. The van der Waals surface area contributed by atoms with Gasteiger partial charge in [-0.3, -0.25) is 9.78 Å². The van der Waals surface area contributed by atoms with Gasteiger partial charge in [-0.05, 0) is 43.2 Å². The maximum atomic E-state index is 13.9. The Labute approximate surface area is 144 Å². The number of aryl methyl sites for hydroxylation is 2. The maximum absolute atomic E-state index is 13.9. The number of para-hydroxylation sites is 1. The third-order valence-corrected chi connectivity index (χ3v) is 4.34. The minimum absolute atomic E-state index is 0.0208. The van der Waals surface area contributed by atoms with Crippen LogP contribution in [0.3, 0.4) is 0 Å². The number of halogens is 2. The first-order valence-electron chi connectivity index (χ1n) is 7.56. The zero-order valence-electron chi connectivity index (χ0n) is 13.4. The summed E-state index contributed by atoms with van der Waals surface area (Å²) in [7, 11) is 0. The number of hydrogen-bond acceptors (Lipinski definition) is 2. The van der Waals surface area contributed by atoms with Gasteiger partial charge in [0.2, 0.25) is 5.91 Å². The molecule has 5 heteroatoms. The predicted molar refractivity (Wildman–Crippen MR) is 95.0 cm³/mol. The molecular weight excluding hydrogens is 327 g/mol. The molecule has 0 saturated carbocycles. The molecule has 3 aromatic rings. The minimum atomic E-state index is -0.627. The summed E-state index contributed by atoms with van der Waals surface area (Å²) in [6, 6.07) is 12.3. The molecule has 122 valence electrons. The van der Waals surface area contributed by atoms with Crippen molar-refractivity contribution in [2.45, 2.75) is 20.3 Å². The quantitative estimate of drug-likeness (QED) is 0.741. The fourth-order valence-corrected chi connectivity index (χ4v) is 2.96. The molecule has 1 heterocycles. The van der Waals surface area contributed by atoms with Gasteiger partial charge < -0.3 is 5.32 Å². The second-order valence-electron chi connectivity index (χ2n) is 5.64. The molecule has 0 bridgehead atoms. The van der Waals surface area contributed by atoms with Gasteiger partial charge in [0.05, 0.1) is 22.6 Å². The summed E-state index contributed by atoms with van der Waals surface area (Å²) in [5, 5.41) is 3.57. The summed E-state index contributed by atoms with van der Waals surface area (Å²) in [5.74, 6) is -0.933. The van der Waals surface area contributed by atoms with Gasteiger partial charge in [-0.15, -0.1) is 0 Å². The Bertz CT molecular complexity index is 940. The number of anilines is 1. The second kappa shape index (κ2) is 6.57. The summed E-state index contributed by atoms with van der Waals surface area (Å²) < 4.78 is 13.9. The van der Waals surface area contributed by atoms with Crippen LogP contribution in [-0.2, 0) is 11.2 Å². The highest BCUT2D eigenvalue weighted by Crippen LogP contribution is 2.25. The highest BCUT2D eigenvalue weighted by molar-refractivity contribution is 6.31. The van der Waals surface area contributed by atoms with Crippen molar-refractivity contribution < 1.29 is 9.18 Å². The van der Waals surface area contributed by atoms with Gasteiger partial charge in [-0.2, -0.15) is 0 Å². The van der Waals surface area contributed by atoms with Crippen LogP contribution in [0.5, 0.6) is 0 Å². The lowest BCUT2D eigenvalue weighted by atomic mass is 9.99. The van der Waals surface area contributed by atoms with E-state index in [1.165, 1.54) is 12.1 Å². The van der Waals surface area contributed by atoms with Crippen molar-refractivity contribution in [1.82, 2.24) is 4.98 Å². The number of pyridine rings is 1. The molecule has 1 N–H and O–H groups in total. The molecule has 24 heavy (non-hydrogen) atoms. The summed E-state index contributed by atoms with van der Waals surface area (Å²) in [5.41, 5.74) is 3.65. The number of fused-ring (bicyclic) bond motifs is 1. The van der Waals surface area contributed by atoms with E-state index >= 15 is 0 Å². The van der Waals surface area contributed by atoms with Crippen LogP contribution in [0.4, 0.5) is 10.1 Å². The fraction of sp³-hybridized carbons (Fsp3) is 0.158. The monoisotopic (exact) mass is 342 g/mol. The van der Waals surface area contributed by atoms with Gasteiger partial charge in [0.1, 0.15) is 0 Å². The van der Waals surface area contributed by atoms with Crippen LogP contribution >= 0.6 is 11.6 Å². The Balaban J connectivity index is 1.89. The lowest BCUT2D eigenvalue weighted by molar-refractivity contribution is -0.115. The number of carbonyl (C=O) groups excluding carboxylic acids is 1. The number of nitrogens with one attached hydrogen (secondary N) is 1. The van der Waals surface area contributed by atoms with E-state index < -0.39 is 5.82 Å². The number of hydrogen-bond donors (Lipinski definition) is 1. The maximum Gasteiger partial charge on any atom is 0.228 e. The molecule has 0 atom stereocenters. The zero-order valence-corrected chi connectivity index (χ0v) is 14.1. The van der Waals surface area contributed by atoms with Gasteiger partial charge in [-0.1, -0.05) is 35.9 Å². The summed E-state index contributed by atoms with van der Waals surface area (Å²) in [6.45, 7) is 3.85. The standard InChI is InChI=1S/C19H16ClFN2O/c1-11-13-6-3-4-8-16(13)22-12(2)14(11)10-18(24)23-17-9-5-7-15(20)19(17)21/h3-9H,10H2,1-2H3,(H,23,24). The van der Waals surface area contributed by atoms with Crippen molar-refractivity contribution in [1.29, 1.82) is 0 Å². The van der Waals surface area contributed by atoms with Crippen LogP contribution in [0.2, 0.25) is 5.02 Å². The molecule has 0 aliphatic heterocycles. The molecule has 1 amide bonds. The summed E-state index contributed by atoms with van der Waals surface area (Å²) in [4.78, 5) is 16.9. The third-order valence-electron chi connectivity index (χ3n) is 4.05. The molecule has 0 unspecified atom stereocenters. The van der Waals surface area contributed by atoms with Crippen LogP contribution in [0, 0.1) is 19.7 Å². The van der Waals surface area contributed by atoms with Crippen LogP contribution in [-0.4, -0.2) is 10.9 Å². The average molecular weight is 343 g/mol. The van der Waals surface area contributed by atoms with Crippen molar-refractivity contribution in [2.75, 3.05) is 5.32 Å². The van der Waals surface area contributed by atoms with Crippen LogP contribution < -0.4 is 5.32 Å². The number of nitrogens with zero attached hydrogens (tertiary/aromatic N) is 1. The second-order valence-corrected chi connectivity index (χ2v) is 6.05. The van der Waals surface area contributed by atoms with E-state index in [2.05, 4.69) is 10.3 Å². The number of aromatic nitrogens is 1. The zero-order chi connectivity index (χ0) is 17.3. The number of amides is 1. The number of carbonyl (C=O) groups is 1. The van der Waals surface area contributed by atoms with Crippen molar-refractivity contribution in [2.24, 2.45) is 0 Å². The van der Waals surface area contributed by atoms with Gasteiger partial charge >= 0.3 is 0 Å². The molecule has 3 nitrogen and oxygen atoms in total. The largest absolute Gasteiger partial charge is 0.323 e. The molecule has 1 aromatic heterocycles. The first-order chi connectivity index (χ1) is 11.5. The van der Waals surface area contributed by atoms with E-state index in [9.17, 15) is 9.18 Å². The Morgan fingerprint density at radius 2 is 1.92 bits per heavy atom. The molecule has 0 spiro atoms. The van der Waals surface area contributed by atoms with Crippen molar-refractivity contribution in [3.8, 4) is 0 Å². The smallest absolute Gasteiger partial charge is 0.228 e. The van der Waals surface area contributed by atoms with E-state index in [4.69, 9.17) is 11.6 Å². The molecule has 0 radical (unpaired) electrons. The van der Waals surface area contributed by atoms with Crippen LogP contribution in [0.15, 0.2) is 42.5 Å². The molecule has 3 rings (SSSR count). The topological polar surface area (TPSA) is 42.0 Å². The lowest BCUT2D eigenvalue weighted by Gasteiger charge is -2.13. The first-order valence-corrected chi connectivity index (χ1v) is 7.94. The normalized spacial score (nSPS) is 10.8. The Morgan fingerprint density at radius 1 is 1.17 bits per heavy atom. The SMILES string of the molecule is Cc1nc2ccccc2c(C)c1CC(=O)Nc1cccc(Cl)c1F. The van der Waals surface area contributed by atoms with Gasteiger partial charge in [0.15, 0.2) is 5.82 Å². The van der Waals surface area contributed by atoms with Crippen molar-refractivity contribution >= 4 is 34.1 Å². The Morgan fingerprint density at radius 3 is 2.71 bits per heavy atom. The average Bonchev–Trinajstić information content (AvgIpc) is 2.56. The van der Waals surface area contributed by atoms with E-state index in [1.807, 2.05) is 38.1 Å². The van der Waals surface area contributed by atoms with Crippen molar-refractivity contribution in [3.63, 3.8) is 0 Å². The predicted octanol–water partition coefficient (Wildman–Crippen LogP) is 4.83. The molecule has 0 saturated heterocycles. The van der Waals surface area contributed by atoms with Crippen LogP contribution in [0.25, 0.3) is 10.9 Å². The van der Waals surface area contributed by atoms with E-state index in [1.54, 1.807) is 6.07 Å². The van der Waals surface area contributed by atoms with Gasteiger partial charge in [-0.25, -0.2) is 4.39 Å². The Hall–Kier alpha value is -2.46. The molecule has 0 aliphatic carbocycles. The highest BCUT2D eigenvalue weighted by atomic mass is 35.5. The summed E-state index contributed by atoms with van der Waals surface area (Å²) >= 11 is 5.74. The van der Waals surface area contributed by atoms with E-state index in [-0.39, 0.29) is 23.0 Å². The van der Waals surface area contributed by atoms with Gasteiger partial charge in [0.25, 0.3) is 0 Å². The molecule has 0 fully saturated rings. The fourth-order valence-electron chi connectivity index (χ4n) is 2.79. The highest BCUT2D eigenvalue weighted by Gasteiger charge is 2.15. The Kier molecular flexibility index (Phi) is 4.49. The molecule has 0 aliphatic rings. The van der Waals surface area contributed by atoms with Crippen LogP contribution in [0.1, 0.15) is 16.8 Å². The lowest BCUT2D eigenvalue weighted by Crippen LogP contribution is -2.17. The molecular formula is C19H16ClFN2O. The van der Waals surface area contributed by atoms with E-state index in [0.717, 1.165) is 27.7 Å². The van der Waals surface area contributed by atoms with E-state index in [0.29, 0.717) is 0 Å². The molecule has 2 aromatic carbocycles.